The molecule has 0 saturated carbocycles. The summed E-state index contributed by atoms with van der Waals surface area (Å²) in [5, 5.41) is 5.12. The maximum Gasteiger partial charge on any atom is 0.261 e. The van der Waals surface area contributed by atoms with Crippen molar-refractivity contribution in [2.24, 2.45) is 0 Å². The fourth-order valence-electron chi connectivity index (χ4n) is 3.57. The van der Waals surface area contributed by atoms with Crippen LogP contribution >= 0.6 is 11.3 Å². The van der Waals surface area contributed by atoms with Crippen LogP contribution in [0.2, 0.25) is 0 Å². The summed E-state index contributed by atoms with van der Waals surface area (Å²) in [6.07, 6.45) is 0. The Labute approximate surface area is 224 Å². The first-order valence-electron chi connectivity index (χ1n) is 11.7. The van der Waals surface area contributed by atoms with Gasteiger partial charge in [-0.05, 0) is 79.7 Å². The Kier molecular flexibility index (Phi) is 7.21. The molecule has 0 aliphatic carbocycles. The number of carbonyl (C=O) groups excluding carboxylic acids is 1. The molecule has 7 nitrogen and oxygen atoms in total. The molecular formula is C29H23N3O4S2. The summed E-state index contributed by atoms with van der Waals surface area (Å²) in [6.45, 7) is 1.89. The normalized spacial score (nSPS) is 11.1. The van der Waals surface area contributed by atoms with Crippen LogP contribution in [-0.2, 0) is 10.0 Å². The van der Waals surface area contributed by atoms with Crippen LogP contribution in [-0.4, -0.2) is 19.3 Å². The molecule has 0 atom stereocenters. The standard InChI is InChI=1S/C29H23N3O4S2/c1-20-7-17-26(18-8-20)38(34,35)32-23-13-9-22(10-14-23)28(33)31-29-30-27(19-37-29)21-11-15-25(16-12-21)36-24-5-3-2-4-6-24/h2-19,32H,1H3,(H,30,31,33). The van der Waals surface area contributed by atoms with E-state index < -0.39 is 10.0 Å². The Bertz CT molecular complexity index is 1650. The lowest BCUT2D eigenvalue weighted by molar-refractivity contribution is 0.102. The number of nitrogens with one attached hydrogen (secondary N) is 2. The summed E-state index contributed by atoms with van der Waals surface area (Å²) >= 11 is 1.32. The van der Waals surface area contributed by atoms with Crippen LogP contribution in [0.4, 0.5) is 10.8 Å². The molecule has 1 amide bonds. The number of aryl methyl sites for hydroxylation is 1. The van der Waals surface area contributed by atoms with E-state index in [4.69, 9.17) is 4.74 Å². The van der Waals surface area contributed by atoms with Crippen LogP contribution in [0.3, 0.4) is 0 Å². The summed E-state index contributed by atoms with van der Waals surface area (Å²) in [7, 11) is -3.72. The number of anilines is 2. The summed E-state index contributed by atoms with van der Waals surface area (Å²) in [4.78, 5) is 17.4. The van der Waals surface area contributed by atoms with Gasteiger partial charge in [-0.1, -0.05) is 35.9 Å². The highest BCUT2D eigenvalue weighted by atomic mass is 32.2. The predicted molar refractivity (Wildman–Crippen MR) is 150 cm³/mol. The number of sulfonamides is 1. The van der Waals surface area contributed by atoms with E-state index >= 15 is 0 Å². The second kappa shape index (κ2) is 10.9. The number of amides is 1. The molecule has 1 aromatic heterocycles. The molecule has 0 spiro atoms. The molecule has 0 bridgehead atoms. The summed E-state index contributed by atoms with van der Waals surface area (Å²) < 4.78 is 33.5. The number of rotatable bonds is 8. The minimum absolute atomic E-state index is 0.169. The number of nitrogens with zero attached hydrogens (tertiary/aromatic N) is 1. The van der Waals surface area contributed by atoms with Crippen molar-refractivity contribution < 1.29 is 17.9 Å². The number of para-hydroxylation sites is 1. The number of aromatic nitrogens is 1. The van der Waals surface area contributed by atoms with Gasteiger partial charge in [-0.25, -0.2) is 13.4 Å². The highest BCUT2D eigenvalue weighted by Gasteiger charge is 2.15. The molecule has 5 rings (SSSR count). The fraction of sp³-hybridized carbons (Fsp3) is 0.0345. The minimum Gasteiger partial charge on any atom is -0.457 e. The lowest BCUT2D eigenvalue weighted by atomic mass is 10.2. The first-order valence-corrected chi connectivity index (χ1v) is 14.0. The van der Waals surface area contributed by atoms with Gasteiger partial charge < -0.3 is 4.74 Å². The first-order chi connectivity index (χ1) is 18.4. The fourth-order valence-corrected chi connectivity index (χ4v) is 5.35. The predicted octanol–water partition coefficient (Wildman–Crippen LogP) is 6.96. The van der Waals surface area contributed by atoms with Crippen molar-refractivity contribution in [2.45, 2.75) is 11.8 Å². The van der Waals surface area contributed by atoms with Gasteiger partial charge in [0, 0.05) is 22.2 Å². The molecule has 1 heterocycles. The van der Waals surface area contributed by atoms with Crippen molar-refractivity contribution in [3.8, 4) is 22.8 Å². The van der Waals surface area contributed by atoms with Gasteiger partial charge in [-0.3, -0.25) is 14.8 Å². The zero-order valence-electron chi connectivity index (χ0n) is 20.3. The smallest absolute Gasteiger partial charge is 0.261 e. The molecule has 0 saturated heterocycles. The Balaban J connectivity index is 1.20. The summed E-state index contributed by atoms with van der Waals surface area (Å²) in [5.41, 5.74) is 3.34. The number of ether oxygens (including phenoxy) is 1. The molecule has 38 heavy (non-hydrogen) atoms. The highest BCUT2D eigenvalue weighted by molar-refractivity contribution is 7.92. The number of hydrogen-bond acceptors (Lipinski definition) is 6. The summed E-state index contributed by atoms with van der Waals surface area (Å²) in [6, 6.07) is 29.9. The van der Waals surface area contributed by atoms with Gasteiger partial charge >= 0.3 is 0 Å². The van der Waals surface area contributed by atoms with Gasteiger partial charge in [0.2, 0.25) is 0 Å². The zero-order chi connectivity index (χ0) is 26.5. The molecular weight excluding hydrogens is 518 g/mol. The van der Waals surface area contributed by atoms with E-state index in [1.807, 2.05) is 66.9 Å². The van der Waals surface area contributed by atoms with Gasteiger partial charge in [0.1, 0.15) is 11.5 Å². The molecule has 0 radical (unpaired) electrons. The lowest BCUT2D eigenvalue weighted by Crippen LogP contribution is -2.14. The van der Waals surface area contributed by atoms with Gasteiger partial charge in [0.05, 0.1) is 10.6 Å². The maximum atomic E-state index is 12.7. The van der Waals surface area contributed by atoms with E-state index in [1.165, 1.54) is 11.3 Å². The van der Waals surface area contributed by atoms with Crippen molar-refractivity contribution >= 4 is 38.1 Å². The number of hydrogen-bond donors (Lipinski definition) is 2. The third-order valence-electron chi connectivity index (χ3n) is 5.58. The quantitative estimate of drug-likeness (QED) is 0.221. The zero-order valence-corrected chi connectivity index (χ0v) is 21.9. The average Bonchev–Trinajstić information content (AvgIpc) is 3.38. The molecule has 4 aromatic carbocycles. The number of carbonyl (C=O) groups is 1. The van der Waals surface area contributed by atoms with Gasteiger partial charge in [-0.15, -0.1) is 11.3 Å². The number of benzene rings is 4. The van der Waals surface area contributed by atoms with E-state index in [1.54, 1.807) is 48.5 Å². The molecule has 0 aliphatic heterocycles. The number of thiazole rings is 1. The third-order valence-corrected chi connectivity index (χ3v) is 7.74. The molecule has 2 N–H and O–H groups in total. The first kappa shape index (κ1) is 25.2. The molecule has 190 valence electrons. The van der Waals surface area contributed by atoms with E-state index in [2.05, 4.69) is 15.0 Å². The lowest BCUT2D eigenvalue weighted by Gasteiger charge is -2.09. The second-order valence-corrected chi connectivity index (χ2v) is 11.0. The molecule has 5 aromatic rings. The molecule has 9 heteroatoms. The molecule has 0 aliphatic rings. The van der Waals surface area contributed by atoms with E-state index in [-0.39, 0.29) is 10.8 Å². The Morgan fingerprint density at radius 2 is 1.47 bits per heavy atom. The van der Waals surface area contributed by atoms with E-state index in [0.717, 1.165) is 22.6 Å². The highest BCUT2D eigenvalue weighted by Crippen LogP contribution is 2.28. The Morgan fingerprint density at radius 1 is 0.816 bits per heavy atom. The largest absolute Gasteiger partial charge is 0.457 e. The van der Waals surface area contributed by atoms with Gasteiger partial charge in [-0.2, -0.15) is 0 Å². The van der Waals surface area contributed by atoms with Crippen LogP contribution in [0.5, 0.6) is 11.5 Å². The van der Waals surface area contributed by atoms with Crippen LogP contribution in [0.1, 0.15) is 15.9 Å². The Hall–Kier alpha value is -4.47. The van der Waals surface area contributed by atoms with Crippen LogP contribution in [0, 0.1) is 6.92 Å². The van der Waals surface area contributed by atoms with Crippen LogP contribution < -0.4 is 14.8 Å². The van der Waals surface area contributed by atoms with E-state index in [9.17, 15) is 13.2 Å². The van der Waals surface area contributed by atoms with Crippen molar-refractivity contribution in [1.29, 1.82) is 0 Å². The van der Waals surface area contributed by atoms with Gasteiger partial charge in [0.15, 0.2) is 5.13 Å². The van der Waals surface area contributed by atoms with Crippen molar-refractivity contribution in [2.75, 3.05) is 10.0 Å². The average molecular weight is 542 g/mol. The van der Waals surface area contributed by atoms with Crippen molar-refractivity contribution in [1.82, 2.24) is 4.98 Å². The maximum absolute atomic E-state index is 12.7. The summed E-state index contributed by atoms with van der Waals surface area (Å²) in [5.74, 6) is 1.13. The second-order valence-electron chi connectivity index (χ2n) is 8.43. The van der Waals surface area contributed by atoms with Crippen molar-refractivity contribution in [3.63, 3.8) is 0 Å². The van der Waals surface area contributed by atoms with Crippen LogP contribution in [0.15, 0.2) is 113 Å². The minimum atomic E-state index is -3.72. The van der Waals surface area contributed by atoms with Crippen molar-refractivity contribution in [3.05, 3.63) is 120 Å². The Morgan fingerprint density at radius 3 is 2.16 bits per heavy atom. The van der Waals surface area contributed by atoms with Crippen LogP contribution in [0.25, 0.3) is 11.3 Å². The van der Waals surface area contributed by atoms with E-state index in [0.29, 0.717) is 22.1 Å². The molecule has 0 unspecified atom stereocenters. The molecule has 0 fully saturated rings. The monoisotopic (exact) mass is 541 g/mol. The van der Waals surface area contributed by atoms with Gasteiger partial charge in [0.25, 0.3) is 15.9 Å². The topological polar surface area (TPSA) is 97.4 Å². The third kappa shape index (κ3) is 6.08. The SMILES string of the molecule is Cc1ccc(S(=O)(=O)Nc2ccc(C(=O)Nc3nc(-c4ccc(Oc5ccccc5)cc4)cs3)cc2)cc1.